The minimum atomic E-state index is 0.566. The monoisotopic (exact) mass is 354 g/mol. The summed E-state index contributed by atoms with van der Waals surface area (Å²) in [6.45, 7) is 3.06. The standard InChI is InChI=1S/C10H13Br2ClN2/c1-2-7(11)3-4-14-10-9(12)5-8(13)6-15-10/h5-7H,2-4H2,1H3,(H,14,15). The Labute approximate surface area is 112 Å². The number of hydrogen-bond donors (Lipinski definition) is 1. The molecular formula is C10H13Br2ClN2. The van der Waals surface area contributed by atoms with E-state index in [1.54, 1.807) is 6.20 Å². The molecule has 1 rings (SSSR count). The van der Waals surface area contributed by atoms with Crippen molar-refractivity contribution in [2.45, 2.75) is 24.6 Å². The zero-order valence-corrected chi connectivity index (χ0v) is 12.4. The summed E-state index contributed by atoms with van der Waals surface area (Å²) in [4.78, 5) is 4.76. The Balaban J connectivity index is 2.44. The normalized spacial score (nSPS) is 12.5. The molecule has 1 atom stereocenters. The van der Waals surface area contributed by atoms with Gasteiger partial charge in [-0.3, -0.25) is 0 Å². The van der Waals surface area contributed by atoms with Gasteiger partial charge in [0.1, 0.15) is 5.82 Å². The van der Waals surface area contributed by atoms with E-state index in [2.05, 4.69) is 49.1 Å². The summed E-state index contributed by atoms with van der Waals surface area (Å²) in [6, 6.07) is 1.84. The van der Waals surface area contributed by atoms with Gasteiger partial charge in [0.05, 0.1) is 9.50 Å². The molecule has 0 bridgehead atoms. The van der Waals surface area contributed by atoms with Gasteiger partial charge in [-0.15, -0.1) is 0 Å². The summed E-state index contributed by atoms with van der Waals surface area (Å²) in [7, 11) is 0. The molecule has 1 heterocycles. The van der Waals surface area contributed by atoms with Crippen LogP contribution in [-0.4, -0.2) is 16.4 Å². The van der Waals surface area contributed by atoms with Crippen LogP contribution in [0.25, 0.3) is 0 Å². The third-order valence-corrected chi connectivity index (χ3v) is 3.92. The Bertz CT molecular complexity index is 320. The van der Waals surface area contributed by atoms with Crippen molar-refractivity contribution in [2.75, 3.05) is 11.9 Å². The number of rotatable bonds is 5. The van der Waals surface area contributed by atoms with Crippen LogP contribution in [0.3, 0.4) is 0 Å². The molecule has 0 amide bonds. The van der Waals surface area contributed by atoms with E-state index >= 15 is 0 Å². The fourth-order valence-corrected chi connectivity index (χ4v) is 2.10. The lowest BCUT2D eigenvalue weighted by molar-refractivity contribution is 0.772. The summed E-state index contributed by atoms with van der Waals surface area (Å²) < 4.78 is 0.901. The number of aromatic nitrogens is 1. The lowest BCUT2D eigenvalue weighted by Gasteiger charge is -2.09. The summed E-state index contributed by atoms with van der Waals surface area (Å²) in [5.74, 6) is 0.843. The molecule has 1 aromatic rings. The predicted octanol–water partition coefficient (Wildman–Crippen LogP) is 4.47. The highest BCUT2D eigenvalue weighted by molar-refractivity contribution is 9.10. The lowest BCUT2D eigenvalue weighted by atomic mass is 10.2. The summed E-state index contributed by atoms with van der Waals surface area (Å²) >= 11 is 12.8. The van der Waals surface area contributed by atoms with Gasteiger partial charge in [-0.05, 0) is 34.8 Å². The van der Waals surface area contributed by atoms with E-state index in [9.17, 15) is 0 Å². The first-order valence-corrected chi connectivity index (χ1v) is 6.91. The second-order valence-corrected chi connectivity index (χ2v) is 5.79. The average Bonchev–Trinajstić information content (AvgIpc) is 2.21. The maximum absolute atomic E-state index is 5.80. The van der Waals surface area contributed by atoms with E-state index in [1.807, 2.05) is 6.07 Å². The van der Waals surface area contributed by atoms with Gasteiger partial charge in [-0.1, -0.05) is 34.5 Å². The van der Waals surface area contributed by atoms with Crippen molar-refractivity contribution in [3.63, 3.8) is 0 Å². The van der Waals surface area contributed by atoms with Gasteiger partial charge < -0.3 is 5.32 Å². The van der Waals surface area contributed by atoms with Gasteiger partial charge in [-0.25, -0.2) is 4.98 Å². The fourth-order valence-electron chi connectivity index (χ4n) is 1.10. The van der Waals surface area contributed by atoms with E-state index in [0.717, 1.165) is 29.7 Å². The third-order valence-electron chi connectivity index (χ3n) is 2.00. The van der Waals surface area contributed by atoms with E-state index in [4.69, 9.17) is 11.6 Å². The number of hydrogen-bond acceptors (Lipinski definition) is 2. The molecule has 1 unspecified atom stereocenters. The molecule has 0 saturated carbocycles. The van der Waals surface area contributed by atoms with Crippen LogP contribution in [0.15, 0.2) is 16.7 Å². The minimum Gasteiger partial charge on any atom is -0.369 e. The molecular weight excluding hydrogens is 343 g/mol. The van der Waals surface area contributed by atoms with E-state index in [-0.39, 0.29) is 0 Å². The van der Waals surface area contributed by atoms with Crippen molar-refractivity contribution in [3.05, 3.63) is 21.8 Å². The molecule has 5 heteroatoms. The number of nitrogens with one attached hydrogen (secondary N) is 1. The van der Waals surface area contributed by atoms with E-state index in [1.165, 1.54) is 0 Å². The van der Waals surface area contributed by atoms with Crippen LogP contribution >= 0.6 is 43.5 Å². The molecule has 1 aromatic heterocycles. The molecule has 0 aliphatic heterocycles. The molecule has 0 aliphatic carbocycles. The second-order valence-electron chi connectivity index (χ2n) is 3.20. The molecule has 0 spiro atoms. The van der Waals surface area contributed by atoms with E-state index in [0.29, 0.717) is 9.85 Å². The van der Waals surface area contributed by atoms with Crippen LogP contribution in [-0.2, 0) is 0 Å². The Morgan fingerprint density at radius 3 is 2.93 bits per heavy atom. The number of pyridine rings is 1. The molecule has 0 saturated heterocycles. The van der Waals surface area contributed by atoms with Crippen LogP contribution in [0.1, 0.15) is 19.8 Å². The van der Waals surface area contributed by atoms with Gasteiger partial charge in [0.25, 0.3) is 0 Å². The first kappa shape index (κ1) is 13.3. The second kappa shape index (κ2) is 6.71. The largest absolute Gasteiger partial charge is 0.369 e. The zero-order chi connectivity index (χ0) is 11.3. The first-order valence-electron chi connectivity index (χ1n) is 4.82. The van der Waals surface area contributed by atoms with Gasteiger partial charge in [-0.2, -0.15) is 0 Å². The fraction of sp³-hybridized carbons (Fsp3) is 0.500. The Kier molecular flexibility index (Phi) is 5.94. The molecule has 0 aromatic carbocycles. The van der Waals surface area contributed by atoms with Gasteiger partial charge in [0.2, 0.25) is 0 Å². The average molecular weight is 356 g/mol. The summed E-state index contributed by atoms with van der Waals surface area (Å²) in [5, 5.41) is 3.90. The van der Waals surface area contributed by atoms with Crippen molar-refractivity contribution in [1.82, 2.24) is 4.98 Å². The number of alkyl halides is 1. The molecule has 0 radical (unpaired) electrons. The topological polar surface area (TPSA) is 24.9 Å². The maximum Gasteiger partial charge on any atom is 0.140 e. The molecule has 2 nitrogen and oxygen atoms in total. The maximum atomic E-state index is 5.80. The molecule has 15 heavy (non-hydrogen) atoms. The van der Waals surface area contributed by atoms with Crippen LogP contribution in [0.2, 0.25) is 5.02 Å². The minimum absolute atomic E-state index is 0.566. The highest BCUT2D eigenvalue weighted by Crippen LogP contribution is 2.23. The van der Waals surface area contributed by atoms with Crippen LogP contribution in [0.4, 0.5) is 5.82 Å². The van der Waals surface area contributed by atoms with Crippen molar-refractivity contribution in [1.29, 1.82) is 0 Å². The van der Waals surface area contributed by atoms with Gasteiger partial charge in [0, 0.05) is 17.6 Å². The number of nitrogens with zero attached hydrogens (tertiary/aromatic N) is 1. The molecule has 0 fully saturated rings. The van der Waals surface area contributed by atoms with Crippen molar-refractivity contribution in [3.8, 4) is 0 Å². The first-order chi connectivity index (χ1) is 7.13. The zero-order valence-electron chi connectivity index (χ0n) is 8.43. The van der Waals surface area contributed by atoms with Crippen molar-refractivity contribution >= 4 is 49.3 Å². The third kappa shape index (κ3) is 4.70. The highest BCUT2D eigenvalue weighted by atomic mass is 79.9. The predicted molar refractivity (Wildman–Crippen MR) is 73.1 cm³/mol. The van der Waals surface area contributed by atoms with Crippen molar-refractivity contribution in [2.24, 2.45) is 0 Å². The summed E-state index contributed by atoms with van der Waals surface area (Å²) in [6.07, 6.45) is 3.85. The van der Waals surface area contributed by atoms with Gasteiger partial charge in [0.15, 0.2) is 0 Å². The SMILES string of the molecule is CCC(Br)CCNc1ncc(Cl)cc1Br. The molecule has 84 valence electrons. The Morgan fingerprint density at radius 1 is 1.60 bits per heavy atom. The molecule has 0 aliphatic rings. The van der Waals surface area contributed by atoms with Crippen LogP contribution < -0.4 is 5.32 Å². The lowest BCUT2D eigenvalue weighted by Crippen LogP contribution is -2.09. The number of halogens is 3. The molecule has 1 N–H and O–H groups in total. The Hall–Kier alpha value is 0.200. The van der Waals surface area contributed by atoms with Crippen LogP contribution in [0.5, 0.6) is 0 Å². The smallest absolute Gasteiger partial charge is 0.140 e. The van der Waals surface area contributed by atoms with Gasteiger partial charge >= 0.3 is 0 Å². The number of anilines is 1. The van der Waals surface area contributed by atoms with E-state index < -0.39 is 0 Å². The Morgan fingerprint density at radius 2 is 2.33 bits per heavy atom. The quantitative estimate of drug-likeness (QED) is 0.787. The summed E-state index contributed by atoms with van der Waals surface area (Å²) in [5.41, 5.74) is 0. The van der Waals surface area contributed by atoms with Crippen molar-refractivity contribution < 1.29 is 0 Å². The van der Waals surface area contributed by atoms with Crippen LogP contribution in [0, 0.1) is 0 Å². The highest BCUT2D eigenvalue weighted by Gasteiger charge is 2.03.